The van der Waals surface area contributed by atoms with E-state index in [0.29, 0.717) is 13.0 Å². The van der Waals surface area contributed by atoms with Crippen LogP contribution < -0.4 is 0 Å². The molecule has 16 heavy (non-hydrogen) atoms. The molecule has 1 unspecified atom stereocenters. The number of hydrogen-bond donors (Lipinski definition) is 1. The molecular formula is C13H26O3. The van der Waals surface area contributed by atoms with Gasteiger partial charge < -0.3 is 9.84 Å². The van der Waals surface area contributed by atoms with Crippen LogP contribution >= 0.6 is 0 Å². The molecule has 3 heteroatoms. The van der Waals surface area contributed by atoms with Crippen LogP contribution in [0.5, 0.6) is 0 Å². The van der Waals surface area contributed by atoms with E-state index in [1.165, 1.54) is 12.8 Å². The summed E-state index contributed by atoms with van der Waals surface area (Å²) in [6.45, 7) is 7.79. The first-order valence-corrected chi connectivity index (χ1v) is 6.32. The number of carbonyl (C=O) groups excluding carboxylic acids is 1. The lowest BCUT2D eigenvalue weighted by Gasteiger charge is -2.28. The first-order valence-electron chi connectivity index (χ1n) is 6.32. The molecule has 0 aromatic carbocycles. The smallest absolute Gasteiger partial charge is 0.314 e. The number of ether oxygens (including phenoxy) is 1. The van der Waals surface area contributed by atoms with Gasteiger partial charge in [-0.2, -0.15) is 0 Å². The molecule has 0 spiro atoms. The molecule has 0 saturated carbocycles. The number of hydrogen-bond acceptors (Lipinski definition) is 3. The molecule has 0 fully saturated rings. The van der Waals surface area contributed by atoms with Gasteiger partial charge in [-0.3, -0.25) is 4.79 Å². The van der Waals surface area contributed by atoms with E-state index in [4.69, 9.17) is 4.74 Å². The Bertz CT molecular complexity index is 199. The summed E-state index contributed by atoms with van der Waals surface area (Å²) in [5.41, 5.74) is -0.789. The third-order valence-electron chi connectivity index (χ3n) is 2.97. The summed E-state index contributed by atoms with van der Waals surface area (Å²) in [6.07, 6.45) is 4.52. The fraction of sp³-hybridized carbons (Fsp3) is 0.923. The average Bonchev–Trinajstić information content (AvgIpc) is 2.24. The topological polar surface area (TPSA) is 46.5 Å². The van der Waals surface area contributed by atoms with Crippen molar-refractivity contribution >= 4 is 5.97 Å². The van der Waals surface area contributed by atoms with E-state index in [2.05, 4.69) is 6.92 Å². The van der Waals surface area contributed by atoms with Crippen molar-refractivity contribution in [2.75, 3.05) is 6.61 Å². The normalized spacial score (nSPS) is 13.6. The molecule has 0 aromatic rings. The summed E-state index contributed by atoms with van der Waals surface area (Å²) in [7, 11) is 0. The molecule has 0 aliphatic heterocycles. The predicted molar refractivity (Wildman–Crippen MR) is 65.2 cm³/mol. The van der Waals surface area contributed by atoms with Crippen LogP contribution in [0.15, 0.2) is 0 Å². The molecule has 1 N–H and O–H groups in total. The maximum atomic E-state index is 11.6. The standard InChI is InChI=1S/C13H26O3/c1-5-7-8-9-10-11(14)13(3,4)12(15)16-6-2/h11,14H,5-10H2,1-4H3. The van der Waals surface area contributed by atoms with E-state index in [-0.39, 0.29) is 5.97 Å². The lowest BCUT2D eigenvalue weighted by molar-refractivity contribution is -0.160. The molecule has 0 aliphatic carbocycles. The molecule has 0 radical (unpaired) electrons. The zero-order valence-electron chi connectivity index (χ0n) is 11.1. The quantitative estimate of drug-likeness (QED) is 0.515. The number of aliphatic hydroxyl groups excluding tert-OH is 1. The van der Waals surface area contributed by atoms with Gasteiger partial charge in [0, 0.05) is 0 Å². The molecule has 0 heterocycles. The van der Waals surface area contributed by atoms with Gasteiger partial charge in [-0.15, -0.1) is 0 Å². The Kier molecular flexibility index (Phi) is 7.39. The van der Waals surface area contributed by atoms with E-state index < -0.39 is 11.5 Å². The van der Waals surface area contributed by atoms with Gasteiger partial charge in [-0.25, -0.2) is 0 Å². The molecule has 0 amide bonds. The number of aliphatic hydroxyl groups is 1. The lowest BCUT2D eigenvalue weighted by atomic mass is 9.84. The van der Waals surface area contributed by atoms with E-state index in [0.717, 1.165) is 12.8 Å². The second-order valence-electron chi connectivity index (χ2n) is 4.81. The van der Waals surface area contributed by atoms with Crippen molar-refractivity contribution in [3.05, 3.63) is 0 Å². The summed E-state index contributed by atoms with van der Waals surface area (Å²) in [5.74, 6) is -0.307. The molecule has 0 aliphatic rings. The lowest BCUT2D eigenvalue weighted by Crippen LogP contribution is -2.38. The van der Waals surface area contributed by atoms with Crippen molar-refractivity contribution in [3.63, 3.8) is 0 Å². The largest absolute Gasteiger partial charge is 0.466 e. The Morgan fingerprint density at radius 3 is 2.38 bits per heavy atom. The summed E-state index contributed by atoms with van der Waals surface area (Å²) in [4.78, 5) is 11.6. The first-order chi connectivity index (χ1) is 7.46. The third-order valence-corrected chi connectivity index (χ3v) is 2.97. The highest BCUT2D eigenvalue weighted by molar-refractivity contribution is 5.76. The minimum absolute atomic E-state index is 0.307. The fourth-order valence-electron chi connectivity index (χ4n) is 1.58. The molecule has 1 atom stereocenters. The van der Waals surface area contributed by atoms with Crippen LogP contribution in [-0.2, 0) is 9.53 Å². The van der Waals surface area contributed by atoms with Crippen molar-refractivity contribution in [3.8, 4) is 0 Å². The minimum Gasteiger partial charge on any atom is -0.466 e. The van der Waals surface area contributed by atoms with Gasteiger partial charge in [0.2, 0.25) is 0 Å². The van der Waals surface area contributed by atoms with E-state index in [1.54, 1.807) is 20.8 Å². The van der Waals surface area contributed by atoms with Gasteiger partial charge in [-0.1, -0.05) is 32.6 Å². The zero-order chi connectivity index (χ0) is 12.6. The van der Waals surface area contributed by atoms with Crippen molar-refractivity contribution < 1.29 is 14.6 Å². The number of rotatable bonds is 8. The predicted octanol–water partition coefficient (Wildman–Crippen LogP) is 2.91. The third kappa shape index (κ3) is 4.97. The molecule has 0 bridgehead atoms. The summed E-state index contributed by atoms with van der Waals surface area (Å²) in [6, 6.07) is 0. The van der Waals surface area contributed by atoms with Crippen molar-refractivity contribution in [1.82, 2.24) is 0 Å². The van der Waals surface area contributed by atoms with Gasteiger partial charge >= 0.3 is 5.97 Å². The average molecular weight is 230 g/mol. The molecule has 0 saturated heterocycles. The Labute approximate surface area is 99.2 Å². The van der Waals surface area contributed by atoms with Gasteiger partial charge in [0.25, 0.3) is 0 Å². The first kappa shape index (κ1) is 15.4. The highest BCUT2D eigenvalue weighted by atomic mass is 16.5. The van der Waals surface area contributed by atoms with Crippen LogP contribution in [0.3, 0.4) is 0 Å². The Morgan fingerprint density at radius 2 is 1.88 bits per heavy atom. The number of carbonyl (C=O) groups is 1. The minimum atomic E-state index is -0.789. The van der Waals surface area contributed by atoms with Gasteiger partial charge in [0.05, 0.1) is 18.1 Å². The molecule has 0 rings (SSSR count). The highest BCUT2D eigenvalue weighted by Crippen LogP contribution is 2.26. The van der Waals surface area contributed by atoms with Gasteiger partial charge in [0.1, 0.15) is 0 Å². The summed E-state index contributed by atoms with van der Waals surface area (Å²) in [5, 5.41) is 9.97. The van der Waals surface area contributed by atoms with Crippen molar-refractivity contribution in [1.29, 1.82) is 0 Å². The fourth-order valence-corrected chi connectivity index (χ4v) is 1.58. The monoisotopic (exact) mass is 230 g/mol. The van der Waals surface area contributed by atoms with Crippen LogP contribution in [0.1, 0.15) is 59.8 Å². The Morgan fingerprint density at radius 1 is 1.25 bits per heavy atom. The maximum Gasteiger partial charge on any atom is 0.314 e. The van der Waals surface area contributed by atoms with Crippen molar-refractivity contribution in [2.24, 2.45) is 5.41 Å². The molecule has 3 nitrogen and oxygen atoms in total. The van der Waals surface area contributed by atoms with Crippen LogP contribution in [0.2, 0.25) is 0 Å². The highest BCUT2D eigenvalue weighted by Gasteiger charge is 2.36. The summed E-state index contributed by atoms with van der Waals surface area (Å²) >= 11 is 0. The van der Waals surface area contributed by atoms with Gasteiger partial charge in [-0.05, 0) is 27.2 Å². The Hall–Kier alpha value is -0.570. The van der Waals surface area contributed by atoms with E-state index in [1.807, 2.05) is 0 Å². The second kappa shape index (κ2) is 7.66. The van der Waals surface area contributed by atoms with Gasteiger partial charge in [0.15, 0.2) is 0 Å². The second-order valence-corrected chi connectivity index (χ2v) is 4.81. The summed E-state index contributed by atoms with van der Waals surface area (Å²) < 4.78 is 4.96. The number of esters is 1. The van der Waals surface area contributed by atoms with E-state index >= 15 is 0 Å². The van der Waals surface area contributed by atoms with Crippen LogP contribution in [0.4, 0.5) is 0 Å². The number of unbranched alkanes of at least 4 members (excludes halogenated alkanes) is 3. The Balaban J connectivity index is 4.03. The maximum absolute atomic E-state index is 11.6. The zero-order valence-corrected chi connectivity index (χ0v) is 11.1. The van der Waals surface area contributed by atoms with Crippen molar-refractivity contribution in [2.45, 2.75) is 65.9 Å². The van der Waals surface area contributed by atoms with Crippen LogP contribution in [0.25, 0.3) is 0 Å². The molecule has 96 valence electrons. The van der Waals surface area contributed by atoms with Crippen LogP contribution in [-0.4, -0.2) is 23.8 Å². The van der Waals surface area contributed by atoms with Crippen LogP contribution in [0, 0.1) is 5.41 Å². The molecule has 0 aromatic heterocycles. The molecular weight excluding hydrogens is 204 g/mol. The SMILES string of the molecule is CCCCCCC(O)C(C)(C)C(=O)OCC. The van der Waals surface area contributed by atoms with E-state index in [9.17, 15) is 9.90 Å².